The van der Waals surface area contributed by atoms with E-state index in [-0.39, 0.29) is 24.9 Å². The molecule has 0 aromatic carbocycles. The summed E-state index contributed by atoms with van der Waals surface area (Å²) < 4.78 is 5.83. The first-order valence-corrected chi connectivity index (χ1v) is 24.1. The van der Waals surface area contributed by atoms with Crippen LogP contribution in [-0.4, -0.2) is 46.9 Å². The van der Waals surface area contributed by atoms with Crippen molar-refractivity contribution in [3.05, 3.63) is 60.8 Å². The molecule has 57 heavy (non-hydrogen) atoms. The third-order valence-electron chi connectivity index (χ3n) is 10.7. The number of ether oxygens (including phenoxy) is 1. The van der Waals surface area contributed by atoms with Gasteiger partial charge in [-0.05, 0) is 19.3 Å². The lowest BCUT2D eigenvalue weighted by molar-refractivity contribution is -0.150. The summed E-state index contributed by atoms with van der Waals surface area (Å²) in [5.41, 5.74) is 0. The quantitative estimate of drug-likeness (QED) is 0.0325. The van der Waals surface area contributed by atoms with Crippen molar-refractivity contribution in [1.82, 2.24) is 5.32 Å². The van der Waals surface area contributed by atoms with Gasteiger partial charge in [0.2, 0.25) is 5.91 Å². The minimum Gasteiger partial charge on any atom is -0.461 e. The zero-order chi connectivity index (χ0) is 41.7. The van der Waals surface area contributed by atoms with Crippen LogP contribution in [0.25, 0.3) is 0 Å². The third-order valence-corrected chi connectivity index (χ3v) is 10.7. The Morgan fingerprint density at radius 1 is 0.526 bits per heavy atom. The maximum absolute atomic E-state index is 13.1. The van der Waals surface area contributed by atoms with Crippen LogP contribution in [-0.2, 0) is 14.3 Å². The number of esters is 1. The molecule has 0 saturated heterocycles. The molecule has 0 rings (SSSR count). The number of hydrogen-bond donors (Lipinski definition) is 3. The summed E-state index contributed by atoms with van der Waals surface area (Å²) in [6.45, 7) is 6.29. The number of aliphatic hydroxyl groups is 2. The maximum atomic E-state index is 13.1. The fraction of sp³-hybridized carbons (Fsp3) is 0.765. The molecule has 0 aromatic heterocycles. The molecule has 330 valence electrons. The summed E-state index contributed by atoms with van der Waals surface area (Å²) in [4.78, 5) is 26.0. The molecule has 6 nitrogen and oxygen atoms in total. The summed E-state index contributed by atoms with van der Waals surface area (Å²) in [7, 11) is 0. The zero-order valence-electron chi connectivity index (χ0n) is 37.5. The van der Waals surface area contributed by atoms with Crippen LogP contribution in [0.5, 0.6) is 0 Å². The number of unbranched alkanes of at least 4 members (excludes halogenated alkanes) is 25. The Morgan fingerprint density at radius 2 is 0.912 bits per heavy atom. The summed E-state index contributed by atoms with van der Waals surface area (Å²) in [5, 5.41) is 23.6. The van der Waals surface area contributed by atoms with Crippen LogP contribution < -0.4 is 5.32 Å². The monoisotopic (exact) mass is 798 g/mol. The fourth-order valence-electron chi connectivity index (χ4n) is 7.10. The Kier molecular flexibility index (Phi) is 42.7. The van der Waals surface area contributed by atoms with Gasteiger partial charge in [0.05, 0.1) is 25.2 Å². The first-order valence-electron chi connectivity index (χ1n) is 24.1. The standard InChI is InChI=1S/C51H91NO5/c1-4-7-10-13-16-19-22-24-26-29-32-35-38-41-44-51(56)57-47(42-39-36-33-30-27-21-18-15-12-9-6-3)45-50(55)52-48(46-53)49(54)43-40-37-34-31-28-25-23-20-17-14-11-8-5-2/h9,12,15,18,21,27,30,33,36,39,47-49,53-54H,4-8,10-11,13-14,16-17,19-20,22-26,28-29,31-32,34-35,37-38,40-46H2,1-3H3,(H,52,55)/b12-9+,18-15+,27-21-,33-30-,39-36+. The average Bonchev–Trinajstić information content (AvgIpc) is 3.20. The van der Waals surface area contributed by atoms with Crippen LogP contribution in [0.1, 0.15) is 226 Å². The molecular weight excluding hydrogens is 707 g/mol. The van der Waals surface area contributed by atoms with Crippen molar-refractivity contribution >= 4 is 11.9 Å². The second-order valence-corrected chi connectivity index (χ2v) is 16.3. The maximum Gasteiger partial charge on any atom is 0.306 e. The van der Waals surface area contributed by atoms with E-state index >= 15 is 0 Å². The molecule has 1 amide bonds. The van der Waals surface area contributed by atoms with E-state index in [4.69, 9.17) is 4.74 Å². The van der Waals surface area contributed by atoms with E-state index in [1.807, 2.05) is 54.7 Å². The normalized spacial score (nSPS) is 13.8. The smallest absolute Gasteiger partial charge is 0.306 e. The minimum absolute atomic E-state index is 0.0174. The molecule has 0 radical (unpaired) electrons. The van der Waals surface area contributed by atoms with Crippen molar-refractivity contribution in [3.63, 3.8) is 0 Å². The van der Waals surface area contributed by atoms with E-state index in [0.29, 0.717) is 19.3 Å². The molecule has 0 aliphatic carbocycles. The number of aliphatic hydroxyl groups excluding tert-OH is 2. The van der Waals surface area contributed by atoms with Gasteiger partial charge in [0.15, 0.2) is 0 Å². The molecule has 3 N–H and O–H groups in total. The second-order valence-electron chi connectivity index (χ2n) is 16.3. The van der Waals surface area contributed by atoms with Gasteiger partial charge in [-0.1, -0.05) is 248 Å². The van der Waals surface area contributed by atoms with E-state index in [2.05, 4.69) is 32.2 Å². The lowest BCUT2D eigenvalue weighted by Gasteiger charge is -2.24. The summed E-state index contributed by atoms with van der Waals surface area (Å²) in [6, 6.07) is -0.737. The van der Waals surface area contributed by atoms with Gasteiger partial charge in [-0.25, -0.2) is 0 Å². The summed E-state index contributed by atoms with van der Waals surface area (Å²) >= 11 is 0. The molecular formula is C51H91NO5. The SMILES string of the molecule is CC/C=C/C=C/C=C\C=C/C=C/CC(CC(=O)NC(CO)C(O)CCCCCCCCCCCCCCC)OC(=O)CCCCCCCCCCCCCCCC. The van der Waals surface area contributed by atoms with Crippen molar-refractivity contribution in [3.8, 4) is 0 Å². The molecule has 0 heterocycles. The highest BCUT2D eigenvalue weighted by Crippen LogP contribution is 2.17. The van der Waals surface area contributed by atoms with Crippen LogP contribution in [0.15, 0.2) is 60.8 Å². The lowest BCUT2D eigenvalue weighted by Crippen LogP contribution is -2.46. The molecule has 0 saturated carbocycles. The van der Waals surface area contributed by atoms with Gasteiger partial charge in [-0.15, -0.1) is 0 Å². The predicted molar refractivity (Wildman–Crippen MR) is 245 cm³/mol. The van der Waals surface area contributed by atoms with Gasteiger partial charge >= 0.3 is 5.97 Å². The molecule has 0 aliphatic heterocycles. The van der Waals surface area contributed by atoms with Gasteiger partial charge in [0.1, 0.15) is 6.10 Å². The molecule has 0 fully saturated rings. The number of allylic oxidation sites excluding steroid dienone is 9. The van der Waals surface area contributed by atoms with E-state index in [1.54, 1.807) is 0 Å². The zero-order valence-corrected chi connectivity index (χ0v) is 37.5. The molecule has 6 heteroatoms. The molecule has 0 spiro atoms. The number of carbonyl (C=O) groups is 2. The van der Waals surface area contributed by atoms with E-state index in [9.17, 15) is 19.8 Å². The Labute approximate surface area is 352 Å². The van der Waals surface area contributed by atoms with Gasteiger partial charge in [0, 0.05) is 12.8 Å². The van der Waals surface area contributed by atoms with E-state index < -0.39 is 18.2 Å². The van der Waals surface area contributed by atoms with Crippen molar-refractivity contribution in [2.75, 3.05) is 6.61 Å². The fourth-order valence-corrected chi connectivity index (χ4v) is 7.10. The second kappa shape index (κ2) is 44.7. The van der Waals surface area contributed by atoms with Crippen molar-refractivity contribution in [2.45, 2.75) is 244 Å². The van der Waals surface area contributed by atoms with Crippen LogP contribution in [0, 0.1) is 0 Å². The molecule has 3 unspecified atom stereocenters. The van der Waals surface area contributed by atoms with Crippen LogP contribution in [0.4, 0.5) is 0 Å². The first kappa shape index (κ1) is 54.6. The highest BCUT2D eigenvalue weighted by Gasteiger charge is 2.23. The Bertz CT molecular complexity index is 1030. The number of rotatable bonds is 42. The Hall–Kier alpha value is -2.44. The van der Waals surface area contributed by atoms with Crippen molar-refractivity contribution in [2.24, 2.45) is 0 Å². The van der Waals surface area contributed by atoms with E-state index in [1.165, 1.54) is 135 Å². The van der Waals surface area contributed by atoms with Crippen molar-refractivity contribution in [1.29, 1.82) is 0 Å². The number of amides is 1. The van der Waals surface area contributed by atoms with Gasteiger partial charge in [-0.3, -0.25) is 9.59 Å². The minimum atomic E-state index is -0.816. The highest BCUT2D eigenvalue weighted by atomic mass is 16.5. The molecule has 0 bridgehead atoms. The van der Waals surface area contributed by atoms with Crippen LogP contribution in [0.3, 0.4) is 0 Å². The predicted octanol–water partition coefficient (Wildman–Crippen LogP) is 14.1. The van der Waals surface area contributed by atoms with Gasteiger partial charge in [-0.2, -0.15) is 0 Å². The van der Waals surface area contributed by atoms with Gasteiger partial charge in [0.25, 0.3) is 0 Å². The Balaban J connectivity index is 4.66. The van der Waals surface area contributed by atoms with Gasteiger partial charge < -0.3 is 20.3 Å². The summed E-state index contributed by atoms with van der Waals surface area (Å²) in [6.07, 6.45) is 54.5. The van der Waals surface area contributed by atoms with Crippen LogP contribution >= 0.6 is 0 Å². The number of nitrogens with one attached hydrogen (secondary N) is 1. The third kappa shape index (κ3) is 40.1. The summed E-state index contributed by atoms with van der Waals surface area (Å²) in [5.74, 6) is -0.604. The molecule has 0 aromatic rings. The lowest BCUT2D eigenvalue weighted by atomic mass is 10.0. The molecule has 3 atom stereocenters. The Morgan fingerprint density at radius 3 is 1.33 bits per heavy atom. The highest BCUT2D eigenvalue weighted by molar-refractivity contribution is 5.77. The van der Waals surface area contributed by atoms with Crippen molar-refractivity contribution < 1.29 is 24.5 Å². The first-order chi connectivity index (χ1) is 28.0. The molecule has 0 aliphatic rings. The topological polar surface area (TPSA) is 95.9 Å². The largest absolute Gasteiger partial charge is 0.461 e. The number of carbonyl (C=O) groups excluding carboxylic acids is 2. The number of hydrogen-bond acceptors (Lipinski definition) is 5. The van der Waals surface area contributed by atoms with Crippen LogP contribution in [0.2, 0.25) is 0 Å². The van der Waals surface area contributed by atoms with E-state index in [0.717, 1.165) is 44.9 Å². The average molecular weight is 798 g/mol.